The number of rotatable bonds is 5. The molecule has 2 N–H and O–H groups in total. The van der Waals surface area contributed by atoms with Gasteiger partial charge in [0.1, 0.15) is 5.75 Å². The Morgan fingerprint density at radius 1 is 0.870 bits per heavy atom. The first-order valence-electron chi connectivity index (χ1n) is 7.25. The molecule has 0 saturated heterocycles. The molecule has 2 nitrogen and oxygen atoms in total. The summed E-state index contributed by atoms with van der Waals surface area (Å²) >= 11 is 7.44. The van der Waals surface area contributed by atoms with Crippen LogP contribution in [-0.4, -0.2) is 5.11 Å². The topological polar surface area (TPSA) is 32.3 Å². The number of phenols is 1. The van der Waals surface area contributed by atoms with Crippen LogP contribution in [0.15, 0.2) is 82.6 Å². The van der Waals surface area contributed by atoms with Gasteiger partial charge in [-0.05, 0) is 42.0 Å². The number of phenolic OH excluding ortho intramolecular Hbond substituents is 1. The second-order valence-electron chi connectivity index (χ2n) is 5.05. The van der Waals surface area contributed by atoms with Gasteiger partial charge < -0.3 is 10.4 Å². The van der Waals surface area contributed by atoms with Gasteiger partial charge in [-0.15, -0.1) is 0 Å². The maximum Gasteiger partial charge on any atom is 0.131 e. The average molecular weight is 342 g/mol. The average Bonchev–Trinajstić information content (AvgIpc) is 2.58. The Balaban J connectivity index is 1.80. The minimum atomic E-state index is 0.267. The zero-order valence-corrected chi connectivity index (χ0v) is 13.9. The Labute approximate surface area is 145 Å². The molecule has 0 bridgehead atoms. The number of aromatic hydroxyl groups is 1. The fourth-order valence-electron chi connectivity index (χ4n) is 2.18. The second kappa shape index (κ2) is 7.44. The Morgan fingerprint density at radius 2 is 1.61 bits per heavy atom. The molecule has 0 heterocycles. The largest absolute Gasteiger partial charge is 0.507 e. The van der Waals surface area contributed by atoms with Crippen molar-refractivity contribution in [1.29, 1.82) is 0 Å². The van der Waals surface area contributed by atoms with Crippen molar-refractivity contribution in [2.24, 2.45) is 0 Å². The first-order valence-corrected chi connectivity index (χ1v) is 8.45. The first-order chi connectivity index (χ1) is 11.2. The van der Waals surface area contributed by atoms with E-state index in [4.69, 9.17) is 11.6 Å². The number of hydrogen-bond acceptors (Lipinski definition) is 3. The van der Waals surface area contributed by atoms with E-state index >= 15 is 0 Å². The maximum absolute atomic E-state index is 10.2. The highest BCUT2D eigenvalue weighted by atomic mass is 35.5. The molecule has 116 valence electrons. The monoisotopic (exact) mass is 341 g/mol. The molecule has 0 unspecified atom stereocenters. The van der Waals surface area contributed by atoms with Gasteiger partial charge in [-0.3, -0.25) is 0 Å². The van der Waals surface area contributed by atoms with Crippen molar-refractivity contribution in [2.75, 3.05) is 5.32 Å². The van der Waals surface area contributed by atoms with E-state index in [0.29, 0.717) is 11.6 Å². The van der Waals surface area contributed by atoms with E-state index in [9.17, 15) is 5.11 Å². The van der Waals surface area contributed by atoms with E-state index < -0.39 is 0 Å². The second-order valence-corrected chi connectivity index (χ2v) is 6.57. The van der Waals surface area contributed by atoms with Crippen LogP contribution in [0, 0.1) is 0 Å². The van der Waals surface area contributed by atoms with Crippen molar-refractivity contribution in [3.63, 3.8) is 0 Å². The third kappa shape index (κ3) is 4.21. The molecule has 0 aliphatic rings. The number of benzene rings is 3. The molecule has 4 heteroatoms. The fourth-order valence-corrected chi connectivity index (χ4v) is 3.24. The molecule has 0 aliphatic heterocycles. The third-order valence-electron chi connectivity index (χ3n) is 3.35. The van der Waals surface area contributed by atoms with Crippen LogP contribution in [0.4, 0.5) is 5.69 Å². The summed E-state index contributed by atoms with van der Waals surface area (Å²) in [5.41, 5.74) is 2.10. The van der Waals surface area contributed by atoms with Gasteiger partial charge in [0.05, 0.1) is 10.6 Å². The van der Waals surface area contributed by atoms with Crippen LogP contribution in [-0.2, 0) is 6.54 Å². The minimum absolute atomic E-state index is 0.267. The van der Waals surface area contributed by atoms with Crippen molar-refractivity contribution in [3.05, 3.63) is 83.4 Å². The summed E-state index contributed by atoms with van der Waals surface area (Å²) in [4.78, 5) is 1.84. The lowest BCUT2D eigenvalue weighted by molar-refractivity contribution is 0.463. The highest BCUT2D eigenvalue weighted by Gasteiger charge is 2.09. The molecule has 23 heavy (non-hydrogen) atoms. The molecule has 3 rings (SSSR count). The first kappa shape index (κ1) is 15.8. The molecule has 0 aromatic heterocycles. The van der Waals surface area contributed by atoms with Gasteiger partial charge in [-0.25, -0.2) is 0 Å². The smallest absolute Gasteiger partial charge is 0.131 e. The fraction of sp³-hybridized carbons (Fsp3) is 0.0526. The van der Waals surface area contributed by atoms with E-state index in [1.165, 1.54) is 17.3 Å². The summed E-state index contributed by atoms with van der Waals surface area (Å²) in [7, 11) is 0. The molecule has 3 aromatic rings. The summed E-state index contributed by atoms with van der Waals surface area (Å²) in [5, 5.41) is 14.3. The van der Waals surface area contributed by atoms with Gasteiger partial charge in [0.2, 0.25) is 0 Å². The lowest BCUT2D eigenvalue weighted by atomic mass is 10.2. The highest BCUT2D eigenvalue weighted by Crippen LogP contribution is 2.40. The molecule has 0 aliphatic carbocycles. The molecular weight excluding hydrogens is 326 g/mol. The Hall–Kier alpha value is -2.10. The quantitative estimate of drug-likeness (QED) is 0.614. The predicted octanol–water partition coefficient (Wildman–Crippen LogP) is 5.81. The SMILES string of the molecule is Oc1cccc(NCc2ccccc2)c1Sc1ccc(Cl)cc1. The zero-order valence-electron chi connectivity index (χ0n) is 12.4. The lowest BCUT2D eigenvalue weighted by Crippen LogP contribution is -2.00. The third-order valence-corrected chi connectivity index (χ3v) is 4.75. The van der Waals surface area contributed by atoms with Gasteiger partial charge >= 0.3 is 0 Å². The minimum Gasteiger partial charge on any atom is -0.507 e. The van der Waals surface area contributed by atoms with Crippen LogP contribution in [0.3, 0.4) is 0 Å². The summed E-state index contributed by atoms with van der Waals surface area (Å²) < 4.78 is 0. The predicted molar refractivity (Wildman–Crippen MR) is 97.5 cm³/mol. The molecule has 0 fully saturated rings. The molecule has 0 saturated carbocycles. The number of anilines is 1. The number of hydrogen-bond donors (Lipinski definition) is 2. The van der Waals surface area contributed by atoms with Gasteiger partial charge in [0.25, 0.3) is 0 Å². The van der Waals surface area contributed by atoms with E-state index in [0.717, 1.165) is 15.5 Å². The van der Waals surface area contributed by atoms with E-state index in [1.807, 2.05) is 54.6 Å². The van der Waals surface area contributed by atoms with Crippen molar-refractivity contribution in [2.45, 2.75) is 16.3 Å². The van der Waals surface area contributed by atoms with E-state index in [1.54, 1.807) is 6.07 Å². The van der Waals surface area contributed by atoms with Crippen LogP contribution >= 0.6 is 23.4 Å². The van der Waals surface area contributed by atoms with E-state index in [-0.39, 0.29) is 5.75 Å². The number of halogens is 1. The normalized spacial score (nSPS) is 10.5. The molecule has 3 aromatic carbocycles. The standard InChI is InChI=1S/C19H16ClNOS/c20-15-9-11-16(12-10-15)23-19-17(7-4-8-18(19)22)21-13-14-5-2-1-3-6-14/h1-12,21-22H,13H2. The van der Waals surface area contributed by atoms with Crippen LogP contribution in [0.5, 0.6) is 5.75 Å². The summed E-state index contributed by atoms with van der Waals surface area (Å²) in [5.74, 6) is 0.267. The van der Waals surface area contributed by atoms with Gasteiger partial charge in [-0.1, -0.05) is 59.8 Å². The van der Waals surface area contributed by atoms with Crippen LogP contribution in [0.1, 0.15) is 5.56 Å². The van der Waals surface area contributed by atoms with E-state index in [2.05, 4.69) is 17.4 Å². The van der Waals surface area contributed by atoms with Gasteiger partial charge in [0.15, 0.2) is 0 Å². The van der Waals surface area contributed by atoms with Crippen LogP contribution in [0.25, 0.3) is 0 Å². The van der Waals surface area contributed by atoms with Crippen LogP contribution in [0.2, 0.25) is 5.02 Å². The molecule has 0 amide bonds. The van der Waals surface area contributed by atoms with Crippen molar-refractivity contribution in [1.82, 2.24) is 0 Å². The molecule has 0 spiro atoms. The van der Waals surface area contributed by atoms with Gasteiger partial charge in [-0.2, -0.15) is 0 Å². The van der Waals surface area contributed by atoms with Gasteiger partial charge in [0, 0.05) is 16.5 Å². The van der Waals surface area contributed by atoms with Crippen LogP contribution < -0.4 is 5.32 Å². The number of nitrogens with one attached hydrogen (secondary N) is 1. The Kier molecular flexibility index (Phi) is 5.11. The summed E-state index contributed by atoms with van der Waals surface area (Å²) in [6.45, 7) is 0.707. The van der Waals surface area contributed by atoms with Crippen molar-refractivity contribution < 1.29 is 5.11 Å². The molecule has 0 atom stereocenters. The Bertz CT molecular complexity index is 775. The van der Waals surface area contributed by atoms with Crippen molar-refractivity contribution in [3.8, 4) is 5.75 Å². The van der Waals surface area contributed by atoms with Crippen molar-refractivity contribution >= 4 is 29.1 Å². The molecular formula is C19H16ClNOS. The summed E-state index contributed by atoms with van der Waals surface area (Å²) in [6.07, 6.45) is 0. The summed E-state index contributed by atoms with van der Waals surface area (Å²) in [6, 6.07) is 23.3. The zero-order chi connectivity index (χ0) is 16.1. The Morgan fingerprint density at radius 3 is 2.35 bits per heavy atom. The highest BCUT2D eigenvalue weighted by molar-refractivity contribution is 7.99. The maximum atomic E-state index is 10.2. The lowest BCUT2D eigenvalue weighted by Gasteiger charge is -2.13. The molecule has 0 radical (unpaired) electrons.